The van der Waals surface area contributed by atoms with Gasteiger partial charge in [0, 0.05) is 6.61 Å². The molecule has 2 atom stereocenters. The lowest BCUT2D eigenvalue weighted by Gasteiger charge is -2.19. The van der Waals surface area contributed by atoms with Crippen molar-refractivity contribution >= 4 is 0 Å². The zero-order valence-corrected chi connectivity index (χ0v) is 8.34. The maximum absolute atomic E-state index is 9.56. The van der Waals surface area contributed by atoms with Gasteiger partial charge in [-0.2, -0.15) is 0 Å². The summed E-state index contributed by atoms with van der Waals surface area (Å²) in [6.07, 6.45) is 1.09. The second kappa shape index (κ2) is 6.21. The summed E-state index contributed by atoms with van der Waals surface area (Å²) in [5.41, 5.74) is 1.08. The third-order valence-electron chi connectivity index (χ3n) is 1.97. The highest BCUT2D eigenvalue weighted by Crippen LogP contribution is 2.11. The van der Waals surface area contributed by atoms with Gasteiger partial charge in [0.2, 0.25) is 0 Å². The molecule has 0 aliphatic heterocycles. The molecule has 0 rings (SSSR count). The first-order valence-electron chi connectivity index (χ1n) is 4.58. The lowest BCUT2D eigenvalue weighted by molar-refractivity contribution is -0.0209. The molecule has 0 aliphatic rings. The third-order valence-corrected chi connectivity index (χ3v) is 1.97. The Bertz CT molecular complexity index is 132. The molecule has 2 heteroatoms. The molecule has 0 saturated heterocycles. The summed E-state index contributed by atoms with van der Waals surface area (Å²) in [5, 5.41) is 9.56. The maximum atomic E-state index is 9.56. The van der Waals surface area contributed by atoms with E-state index in [-0.39, 0.29) is 6.10 Å². The van der Waals surface area contributed by atoms with Crippen molar-refractivity contribution in [1.29, 1.82) is 0 Å². The predicted octanol–water partition coefficient (Wildman–Crippen LogP) is 2.13. The highest BCUT2D eigenvalue weighted by molar-refractivity contribution is 4.95. The minimum absolute atomic E-state index is 0.0849. The molecule has 0 heterocycles. The van der Waals surface area contributed by atoms with Crippen molar-refractivity contribution < 1.29 is 9.84 Å². The lowest BCUT2D eigenvalue weighted by Crippen LogP contribution is -2.26. The van der Waals surface area contributed by atoms with E-state index in [0.717, 1.165) is 12.0 Å². The first-order valence-corrected chi connectivity index (χ1v) is 4.58. The monoisotopic (exact) mass is 172 g/mol. The molecule has 0 aromatic heterocycles. The number of ether oxygens (including phenoxy) is 1. The van der Waals surface area contributed by atoms with Gasteiger partial charge >= 0.3 is 0 Å². The molecule has 0 aromatic rings. The Morgan fingerprint density at radius 3 is 2.50 bits per heavy atom. The van der Waals surface area contributed by atoms with Crippen LogP contribution in [-0.4, -0.2) is 23.9 Å². The standard InChI is InChI=1S/C10H20O2/c1-5-8(3)7-10(11)9(4)12-6-2/h9-11H,3,5-7H2,1-2,4H3. The highest BCUT2D eigenvalue weighted by Gasteiger charge is 2.14. The zero-order chi connectivity index (χ0) is 9.56. The zero-order valence-electron chi connectivity index (χ0n) is 8.34. The fourth-order valence-corrected chi connectivity index (χ4v) is 0.980. The third kappa shape index (κ3) is 4.52. The molecular formula is C10H20O2. The van der Waals surface area contributed by atoms with Crippen LogP contribution in [-0.2, 0) is 4.74 Å². The van der Waals surface area contributed by atoms with Crippen molar-refractivity contribution in [2.75, 3.05) is 6.61 Å². The van der Waals surface area contributed by atoms with Crippen LogP contribution in [0.15, 0.2) is 12.2 Å². The Labute approximate surface area is 75.2 Å². The maximum Gasteiger partial charge on any atom is 0.0835 e. The van der Waals surface area contributed by atoms with Gasteiger partial charge in [-0.15, -0.1) is 0 Å². The Morgan fingerprint density at radius 1 is 1.50 bits per heavy atom. The largest absolute Gasteiger partial charge is 0.390 e. The Morgan fingerprint density at radius 2 is 2.08 bits per heavy atom. The van der Waals surface area contributed by atoms with Gasteiger partial charge in [0.05, 0.1) is 12.2 Å². The van der Waals surface area contributed by atoms with Gasteiger partial charge in [0.25, 0.3) is 0 Å². The molecule has 12 heavy (non-hydrogen) atoms. The van der Waals surface area contributed by atoms with Gasteiger partial charge < -0.3 is 9.84 Å². The van der Waals surface area contributed by atoms with Crippen LogP contribution in [0.1, 0.15) is 33.6 Å². The van der Waals surface area contributed by atoms with Crippen LogP contribution in [0.2, 0.25) is 0 Å². The smallest absolute Gasteiger partial charge is 0.0835 e. The van der Waals surface area contributed by atoms with E-state index in [1.54, 1.807) is 0 Å². The Balaban J connectivity index is 3.69. The number of rotatable bonds is 6. The molecule has 0 amide bonds. The van der Waals surface area contributed by atoms with Crippen molar-refractivity contribution in [3.63, 3.8) is 0 Å². The molecule has 0 saturated carbocycles. The highest BCUT2D eigenvalue weighted by atomic mass is 16.5. The molecule has 72 valence electrons. The minimum atomic E-state index is -0.405. The summed E-state index contributed by atoms with van der Waals surface area (Å²) in [7, 11) is 0. The van der Waals surface area contributed by atoms with Crippen molar-refractivity contribution in [2.45, 2.75) is 45.8 Å². The minimum Gasteiger partial charge on any atom is -0.390 e. The van der Waals surface area contributed by atoms with E-state index in [0.29, 0.717) is 13.0 Å². The van der Waals surface area contributed by atoms with E-state index in [9.17, 15) is 5.11 Å². The van der Waals surface area contributed by atoms with Crippen molar-refractivity contribution in [1.82, 2.24) is 0 Å². The quantitative estimate of drug-likeness (QED) is 0.622. The van der Waals surface area contributed by atoms with E-state index < -0.39 is 6.10 Å². The number of aliphatic hydroxyl groups excluding tert-OH is 1. The SMILES string of the molecule is C=C(CC)CC(O)C(C)OCC. The molecule has 0 aromatic carbocycles. The summed E-state index contributed by atoms with van der Waals surface area (Å²) in [6.45, 7) is 10.3. The fourth-order valence-electron chi connectivity index (χ4n) is 0.980. The molecule has 0 fully saturated rings. The van der Waals surface area contributed by atoms with E-state index >= 15 is 0 Å². The van der Waals surface area contributed by atoms with Crippen molar-refractivity contribution in [3.05, 3.63) is 12.2 Å². The molecule has 0 bridgehead atoms. The topological polar surface area (TPSA) is 29.5 Å². The number of hydrogen-bond donors (Lipinski definition) is 1. The molecular weight excluding hydrogens is 152 g/mol. The molecule has 2 unspecified atom stereocenters. The average molecular weight is 172 g/mol. The summed E-state index contributed by atoms with van der Waals surface area (Å²) < 4.78 is 5.26. The lowest BCUT2D eigenvalue weighted by atomic mass is 10.0. The van der Waals surface area contributed by atoms with Gasteiger partial charge in [-0.05, 0) is 26.7 Å². The van der Waals surface area contributed by atoms with Crippen LogP contribution in [0.3, 0.4) is 0 Å². The number of aliphatic hydroxyl groups is 1. The van der Waals surface area contributed by atoms with Crippen LogP contribution in [0.5, 0.6) is 0 Å². The Kier molecular flexibility index (Phi) is 6.03. The second-order valence-corrected chi connectivity index (χ2v) is 3.04. The van der Waals surface area contributed by atoms with E-state index in [4.69, 9.17) is 4.74 Å². The van der Waals surface area contributed by atoms with E-state index in [1.165, 1.54) is 0 Å². The number of hydrogen-bond acceptors (Lipinski definition) is 2. The fraction of sp³-hybridized carbons (Fsp3) is 0.800. The van der Waals surface area contributed by atoms with Gasteiger partial charge in [-0.1, -0.05) is 19.1 Å². The summed E-state index contributed by atoms with van der Waals surface area (Å²) >= 11 is 0. The molecule has 1 N–H and O–H groups in total. The molecule has 0 radical (unpaired) electrons. The second-order valence-electron chi connectivity index (χ2n) is 3.04. The van der Waals surface area contributed by atoms with Crippen LogP contribution in [0.25, 0.3) is 0 Å². The van der Waals surface area contributed by atoms with Crippen LogP contribution in [0.4, 0.5) is 0 Å². The molecule has 2 nitrogen and oxygen atoms in total. The van der Waals surface area contributed by atoms with Crippen LogP contribution < -0.4 is 0 Å². The Hall–Kier alpha value is -0.340. The van der Waals surface area contributed by atoms with Gasteiger partial charge in [0.1, 0.15) is 0 Å². The summed E-state index contributed by atoms with van der Waals surface area (Å²) in [4.78, 5) is 0. The predicted molar refractivity (Wildman–Crippen MR) is 51.1 cm³/mol. The molecule has 0 aliphatic carbocycles. The van der Waals surface area contributed by atoms with Gasteiger partial charge in [0.15, 0.2) is 0 Å². The first kappa shape index (κ1) is 11.7. The molecule has 0 spiro atoms. The normalized spacial score (nSPS) is 15.7. The van der Waals surface area contributed by atoms with E-state index in [2.05, 4.69) is 6.58 Å². The summed E-state index contributed by atoms with van der Waals surface area (Å²) in [5.74, 6) is 0. The van der Waals surface area contributed by atoms with Crippen molar-refractivity contribution in [3.8, 4) is 0 Å². The van der Waals surface area contributed by atoms with E-state index in [1.807, 2.05) is 20.8 Å². The van der Waals surface area contributed by atoms with Crippen molar-refractivity contribution in [2.24, 2.45) is 0 Å². The van der Waals surface area contributed by atoms with Crippen LogP contribution >= 0.6 is 0 Å². The van der Waals surface area contributed by atoms with Gasteiger partial charge in [-0.25, -0.2) is 0 Å². The van der Waals surface area contributed by atoms with Gasteiger partial charge in [-0.3, -0.25) is 0 Å². The summed E-state index contributed by atoms with van der Waals surface area (Å²) in [6, 6.07) is 0. The first-order chi connectivity index (χ1) is 5.61. The average Bonchev–Trinajstić information content (AvgIpc) is 2.04. The van der Waals surface area contributed by atoms with Crippen LogP contribution in [0, 0.1) is 0 Å².